The van der Waals surface area contributed by atoms with E-state index in [-0.39, 0.29) is 6.42 Å². The van der Waals surface area contributed by atoms with Gasteiger partial charge in [-0.15, -0.1) is 6.58 Å². The van der Waals surface area contributed by atoms with E-state index in [0.717, 1.165) is 10.8 Å². The van der Waals surface area contributed by atoms with Crippen LogP contribution in [-0.2, 0) is 15.1 Å². The van der Waals surface area contributed by atoms with Crippen LogP contribution in [0.1, 0.15) is 12.0 Å². The van der Waals surface area contributed by atoms with E-state index < -0.39 is 11.6 Å². The summed E-state index contributed by atoms with van der Waals surface area (Å²) in [6.45, 7) is 3.58. The zero-order valence-corrected chi connectivity index (χ0v) is 10.8. The van der Waals surface area contributed by atoms with E-state index >= 15 is 0 Å². The molecule has 0 radical (unpaired) electrons. The highest BCUT2D eigenvalue weighted by Crippen LogP contribution is 2.29. The Bertz CT molecular complexity index is 618. The molecular formula is C16H16O3. The molecule has 2 aromatic rings. The number of rotatable bonds is 4. The Morgan fingerprint density at radius 2 is 2.00 bits per heavy atom. The molecule has 1 N–H and O–H groups in total. The van der Waals surface area contributed by atoms with Crippen molar-refractivity contribution in [3.05, 3.63) is 60.7 Å². The zero-order chi connectivity index (χ0) is 13.9. The Labute approximate surface area is 112 Å². The number of ether oxygens (including phenoxy) is 1. The maximum absolute atomic E-state index is 11.8. The Kier molecular flexibility index (Phi) is 3.67. The second-order valence-corrected chi connectivity index (χ2v) is 4.41. The zero-order valence-electron chi connectivity index (χ0n) is 10.8. The molecule has 2 aromatic carbocycles. The summed E-state index contributed by atoms with van der Waals surface area (Å²) in [4.78, 5) is 11.8. The summed E-state index contributed by atoms with van der Waals surface area (Å²) >= 11 is 0. The molecule has 3 heteroatoms. The van der Waals surface area contributed by atoms with Gasteiger partial charge in [0.05, 0.1) is 7.11 Å². The van der Waals surface area contributed by atoms with Crippen LogP contribution in [0.5, 0.6) is 0 Å². The van der Waals surface area contributed by atoms with E-state index in [4.69, 9.17) is 4.74 Å². The maximum atomic E-state index is 11.8. The summed E-state index contributed by atoms with van der Waals surface area (Å²) < 4.78 is 4.70. The summed E-state index contributed by atoms with van der Waals surface area (Å²) in [6.07, 6.45) is 1.62. The van der Waals surface area contributed by atoms with Gasteiger partial charge in [-0.05, 0) is 22.4 Å². The van der Waals surface area contributed by atoms with Crippen molar-refractivity contribution in [1.82, 2.24) is 0 Å². The van der Waals surface area contributed by atoms with Gasteiger partial charge in [-0.3, -0.25) is 0 Å². The quantitative estimate of drug-likeness (QED) is 0.676. The van der Waals surface area contributed by atoms with Gasteiger partial charge in [0.15, 0.2) is 5.60 Å². The van der Waals surface area contributed by atoms with Gasteiger partial charge >= 0.3 is 5.97 Å². The summed E-state index contributed by atoms with van der Waals surface area (Å²) in [6, 6.07) is 13.2. The predicted octanol–water partition coefficient (Wildman–Crippen LogP) is 2.78. The third-order valence-electron chi connectivity index (χ3n) is 3.19. The van der Waals surface area contributed by atoms with Crippen molar-refractivity contribution in [1.29, 1.82) is 0 Å². The number of carbonyl (C=O) groups is 1. The van der Waals surface area contributed by atoms with Crippen molar-refractivity contribution < 1.29 is 14.6 Å². The van der Waals surface area contributed by atoms with Crippen LogP contribution in [0.4, 0.5) is 0 Å². The normalized spacial score (nSPS) is 13.8. The van der Waals surface area contributed by atoms with Crippen LogP contribution in [0.15, 0.2) is 55.1 Å². The molecule has 0 saturated carbocycles. The number of benzene rings is 2. The lowest BCUT2D eigenvalue weighted by atomic mass is 9.89. The lowest BCUT2D eigenvalue weighted by Crippen LogP contribution is -2.36. The van der Waals surface area contributed by atoms with Gasteiger partial charge in [0.2, 0.25) is 0 Å². The molecule has 2 rings (SSSR count). The highest BCUT2D eigenvalue weighted by atomic mass is 16.5. The first-order valence-corrected chi connectivity index (χ1v) is 6.03. The fraction of sp³-hybridized carbons (Fsp3) is 0.188. The molecule has 98 valence electrons. The average molecular weight is 256 g/mol. The SMILES string of the molecule is C=CCC(O)(C(=O)OC)c1ccc2ccccc2c1. The second-order valence-electron chi connectivity index (χ2n) is 4.41. The minimum atomic E-state index is -1.68. The molecule has 0 amide bonds. The number of hydrogen-bond donors (Lipinski definition) is 1. The van der Waals surface area contributed by atoms with Crippen LogP contribution in [0.2, 0.25) is 0 Å². The molecule has 0 aliphatic rings. The Balaban J connectivity index is 2.56. The molecule has 1 atom stereocenters. The first-order valence-electron chi connectivity index (χ1n) is 6.03. The fourth-order valence-electron chi connectivity index (χ4n) is 2.14. The molecular weight excluding hydrogens is 240 g/mol. The van der Waals surface area contributed by atoms with E-state index in [2.05, 4.69) is 6.58 Å². The highest BCUT2D eigenvalue weighted by Gasteiger charge is 2.38. The summed E-state index contributed by atoms with van der Waals surface area (Å²) in [5.74, 6) is -0.678. The van der Waals surface area contributed by atoms with Gasteiger partial charge in [0, 0.05) is 6.42 Å². The lowest BCUT2D eigenvalue weighted by molar-refractivity contribution is -0.163. The van der Waals surface area contributed by atoms with Crippen LogP contribution in [0.25, 0.3) is 10.8 Å². The molecule has 0 heterocycles. The molecule has 0 aromatic heterocycles. The lowest BCUT2D eigenvalue weighted by Gasteiger charge is -2.24. The van der Waals surface area contributed by atoms with Gasteiger partial charge in [-0.25, -0.2) is 4.79 Å². The molecule has 0 saturated heterocycles. The molecule has 0 spiro atoms. The minimum Gasteiger partial charge on any atom is -0.467 e. The van der Waals surface area contributed by atoms with E-state index in [1.54, 1.807) is 12.1 Å². The third kappa shape index (κ3) is 2.37. The van der Waals surface area contributed by atoms with Crippen molar-refractivity contribution >= 4 is 16.7 Å². The maximum Gasteiger partial charge on any atom is 0.342 e. The van der Waals surface area contributed by atoms with Gasteiger partial charge in [0.1, 0.15) is 0 Å². The number of aliphatic hydroxyl groups is 1. The third-order valence-corrected chi connectivity index (χ3v) is 3.19. The Morgan fingerprint density at radius 1 is 1.32 bits per heavy atom. The Morgan fingerprint density at radius 3 is 2.63 bits per heavy atom. The monoisotopic (exact) mass is 256 g/mol. The van der Waals surface area contributed by atoms with Crippen molar-refractivity contribution in [2.45, 2.75) is 12.0 Å². The number of methoxy groups -OCH3 is 1. The van der Waals surface area contributed by atoms with Crippen LogP contribution >= 0.6 is 0 Å². The molecule has 0 fully saturated rings. The van der Waals surface area contributed by atoms with Gasteiger partial charge < -0.3 is 9.84 Å². The molecule has 0 aliphatic heterocycles. The van der Waals surface area contributed by atoms with Crippen LogP contribution in [0.3, 0.4) is 0 Å². The van der Waals surface area contributed by atoms with E-state index in [9.17, 15) is 9.90 Å². The van der Waals surface area contributed by atoms with Crippen LogP contribution < -0.4 is 0 Å². The average Bonchev–Trinajstić information content (AvgIpc) is 2.46. The van der Waals surface area contributed by atoms with Gasteiger partial charge in [-0.1, -0.05) is 42.5 Å². The number of carbonyl (C=O) groups excluding carboxylic acids is 1. The summed E-state index contributed by atoms with van der Waals surface area (Å²) in [7, 11) is 1.26. The van der Waals surface area contributed by atoms with Crippen LogP contribution in [0, 0.1) is 0 Å². The number of hydrogen-bond acceptors (Lipinski definition) is 3. The first kappa shape index (κ1) is 13.3. The molecule has 0 bridgehead atoms. The van der Waals surface area contributed by atoms with Crippen molar-refractivity contribution in [2.75, 3.05) is 7.11 Å². The summed E-state index contributed by atoms with van der Waals surface area (Å²) in [5.41, 5.74) is -1.17. The van der Waals surface area contributed by atoms with Crippen LogP contribution in [-0.4, -0.2) is 18.2 Å². The summed E-state index contributed by atoms with van der Waals surface area (Å²) in [5, 5.41) is 12.6. The molecule has 1 unspecified atom stereocenters. The van der Waals surface area contributed by atoms with Gasteiger partial charge in [-0.2, -0.15) is 0 Å². The smallest absolute Gasteiger partial charge is 0.342 e. The van der Waals surface area contributed by atoms with Gasteiger partial charge in [0.25, 0.3) is 0 Å². The largest absolute Gasteiger partial charge is 0.467 e. The fourth-order valence-corrected chi connectivity index (χ4v) is 2.14. The second kappa shape index (κ2) is 5.24. The number of esters is 1. The molecule has 0 aliphatic carbocycles. The standard InChI is InChI=1S/C16H16O3/c1-3-10-16(18,15(17)19-2)14-9-8-12-6-4-5-7-13(12)11-14/h3-9,11,18H,1,10H2,2H3. The van der Waals surface area contributed by atoms with E-state index in [1.807, 2.05) is 30.3 Å². The van der Waals surface area contributed by atoms with Crippen molar-refractivity contribution in [3.63, 3.8) is 0 Å². The topological polar surface area (TPSA) is 46.5 Å². The van der Waals surface area contributed by atoms with E-state index in [0.29, 0.717) is 5.56 Å². The Hall–Kier alpha value is -2.13. The molecule has 3 nitrogen and oxygen atoms in total. The molecule has 19 heavy (non-hydrogen) atoms. The minimum absolute atomic E-state index is 0.109. The number of fused-ring (bicyclic) bond motifs is 1. The van der Waals surface area contributed by atoms with Crippen molar-refractivity contribution in [3.8, 4) is 0 Å². The highest BCUT2D eigenvalue weighted by molar-refractivity contribution is 5.87. The van der Waals surface area contributed by atoms with Crippen molar-refractivity contribution in [2.24, 2.45) is 0 Å². The van der Waals surface area contributed by atoms with E-state index in [1.165, 1.54) is 13.2 Å². The first-order chi connectivity index (χ1) is 9.11. The predicted molar refractivity (Wildman–Crippen MR) is 74.7 cm³/mol.